The number of benzene rings is 2. The number of ether oxygens (including phenoxy) is 1. The van der Waals surface area contributed by atoms with Gasteiger partial charge in [-0.1, -0.05) is 17.7 Å². The number of para-hydroxylation sites is 1. The van der Waals surface area contributed by atoms with E-state index in [1.165, 1.54) is 12.1 Å². The molecule has 4 nitrogen and oxygen atoms in total. The van der Waals surface area contributed by atoms with E-state index in [-0.39, 0.29) is 11.3 Å². The molecule has 2 N–H and O–H groups in total. The van der Waals surface area contributed by atoms with E-state index >= 15 is 0 Å². The van der Waals surface area contributed by atoms with Gasteiger partial charge in [0, 0.05) is 0 Å². The van der Waals surface area contributed by atoms with Crippen LogP contribution in [0.2, 0.25) is 5.02 Å². The maximum atomic E-state index is 13.3. The summed E-state index contributed by atoms with van der Waals surface area (Å²) < 4.78 is 19.0. The van der Waals surface area contributed by atoms with Crippen molar-refractivity contribution in [3.63, 3.8) is 0 Å². The lowest BCUT2D eigenvalue weighted by molar-refractivity contribution is 0.0697. The van der Waals surface area contributed by atoms with Crippen LogP contribution in [-0.4, -0.2) is 17.7 Å². The molecular formula is C17H15ClFNO3. The zero-order valence-corrected chi connectivity index (χ0v) is 12.9. The number of rotatable bonds is 6. The van der Waals surface area contributed by atoms with Gasteiger partial charge < -0.3 is 15.2 Å². The highest BCUT2D eigenvalue weighted by Crippen LogP contribution is 2.38. The van der Waals surface area contributed by atoms with E-state index < -0.39 is 11.8 Å². The van der Waals surface area contributed by atoms with Gasteiger partial charge in [-0.25, -0.2) is 9.18 Å². The summed E-state index contributed by atoms with van der Waals surface area (Å²) in [5.74, 6) is -0.792. The highest BCUT2D eigenvalue weighted by Gasteiger charge is 2.23. The Morgan fingerprint density at radius 3 is 2.78 bits per heavy atom. The van der Waals surface area contributed by atoms with Crippen molar-refractivity contribution in [2.75, 3.05) is 11.9 Å². The van der Waals surface area contributed by atoms with Gasteiger partial charge >= 0.3 is 5.97 Å². The quantitative estimate of drug-likeness (QED) is 0.802. The Balaban J connectivity index is 1.90. The molecule has 23 heavy (non-hydrogen) atoms. The highest BCUT2D eigenvalue weighted by molar-refractivity contribution is 6.32. The van der Waals surface area contributed by atoms with Gasteiger partial charge in [0.15, 0.2) is 5.75 Å². The number of anilines is 2. The monoisotopic (exact) mass is 335 g/mol. The van der Waals surface area contributed by atoms with E-state index in [1.54, 1.807) is 18.2 Å². The fraction of sp³-hybridized carbons (Fsp3) is 0.235. The molecular weight excluding hydrogens is 321 g/mol. The van der Waals surface area contributed by atoms with Crippen molar-refractivity contribution >= 4 is 28.9 Å². The smallest absolute Gasteiger partial charge is 0.337 e. The first-order chi connectivity index (χ1) is 11.0. The largest absolute Gasteiger partial charge is 0.490 e. The van der Waals surface area contributed by atoms with E-state index in [2.05, 4.69) is 5.32 Å². The molecule has 2 aromatic rings. The van der Waals surface area contributed by atoms with Gasteiger partial charge in [-0.05, 0) is 49.1 Å². The van der Waals surface area contributed by atoms with Crippen LogP contribution < -0.4 is 10.1 Å². The van der Waals surface area contributed by atoms with Crippen molar-refractivity contribution in [2.45, 2.75) is 12.8 Å². The number of carbonyl (C=O) groups is 1. The number of carboxylic acids is 1. The van der Waals surface area contributed by atoms with Crippen LogP contribution in [0.4, 0.5) is 15.8 Å². The maximum absolute atomic E-state index is 13.3. The van der Waals surface area contributed by atoms with Gasteiger partial charge in [0.25, 0.3) is 0 Å². The minimum atomic E-state index is -1.21. The van der Waals surface area contributed by atoms with Crippen LogP contribution in [0, 0.1) is 11.7 Å². The average Bonchev–Trinajstić information content (AvgIpc) is 3.32. The van der Waals surface area contributed by atoms with Gasteiger partial charge in [0.1, 0.15) is 5.82 Å². The maximum Gasteiger partial charge on any atom is 0.337 e. The van der Waals surface area contributed by atoms with Crippen molar-refractivity contribution in [3.8, 4) is 5.75 Å². The third kappa shape index (κ3) is 3.74. The van der Waals surface area contributed by atoms with Crippen molar-refractivity contribution < 1.29 is 19.0 Å². The molecule has 0 amide bonds. The van der Waals surface area contributed by atoms with Gasteiger partial charge in [-0.3, -0.25) is 0 Å². The Kier molecular flexibility index (Phi) is 4.39. The molecule has 120 valence electrons. The van der Waals surface area contributed by atoms with Crippen molar-refractivity contribution in [3.05, 3.63) is 52.8 Å². The summed E-state index contributed by atoms with van der Waals surface area (Å²) in [5.41, 5.74) is 0.669. The van der Waals surface area contributed by atoms with E-state index in [1.807, 2.05) is 0 Å². The SMILES string of the molecule is O=C(O)c1cc(F)ccc1Nc1cccc(Cl)c1OCC1CC1. The standard InChI is InChI=1S/C17H15ClFNO3/c18-13-2-1-3-15(16(13)23-9-10-4-5-10)20-14-7-6-11(19)8-12(14)17(21)22/h1-3,6-8,10,20H,4-5,9H2,(H,21,22). The molecule has 2 aromatic carbocycles. The van der Waals surface area contributed by atoms with Crippen LogP contribution in [0.25, 0.3) is 0 Å². The van der Waals surface area contributed by atoms with Gasteiger partial charge in [0.05, 0.1) is 28.6 Å². The number of carboxylic acid groups (broad SMARTS) is 1. The summed E-state index contributed by atoms with van der Waals surface area (Å²) in [6.07, 6.45) is 2.29. The summed E-state index contributed by atoms with van der Waals surface area (Å²) >= 11 is 6.19. The molecule has 0 radical (unpaired) electrons. The molecule has 3 rings (SSSR count). The molecule has 1 saturated carbocycles. The molecule has 0 aliphatic heterocycles. The summed E-state index contributed by atoms with van der Waals surface area (Å²) in [7, 11) is 0. The van der Waals surface area contributed by atoms with Gasteiger partial charge in [0.2, 0.25) is 0 Å². The summed E-state index contributed by atoms with van der Waals surface area (Å²) in [6.45, 7) is 0.577. The van der Waals surface area contributed by atoms with E-state index in [0.29, 0.717) is 29.0 Å². The van der Waals surface area contributed by atoms with Crippen LogP contribution in [0.15, 0.2) is 36.4 Å². The first-order valence-corrected chi connectivity index (χ1v) is 7.63. The lowest BCUT2D eigenvalue weighted by Crippen LogP contribution is -2.06. The zero-order valence-electron chi connectivity index (χ0n) is 12.2. The first kappa shape index (κ1) is 15.6. The van der Waals surface area contributed by atoms with Crippen molar-refractivity contribution in [1.82, 2.24) is 0 Å². The second-order valence-corrected chi connectivity index (χ2v) is 5.90. The third-order valence-electron chi connectivity index (χ3n) is 3.61. The number of nitrogens with one attached hydrogen (secondary N) is 1. The first-order valence-electron chi connectivity index (χ1n) is 7.26. The van der Waals surface area contributed by atoms with Gasteiger partial charge in [-0.15, -0.1) is 0 Å². The summed E-state index contributed by atoms with van der Waals surface area (Å²) in [4.78, 5) is 11.3. The molecule has 0 bridgehead atoms. The second kappa shape index (κ2) is 6.46. The molecule has 0 unspecified atom stereocenters. The molecule has 0 spiro atoms. The Labute approximate surface area is 137 Å². The molecule has 1 aliphatic rings. The molecule has 0 saturated heterocycles. The Bertz CT molecular complexity index is 747. The van der Waals surface area contributed by atoms with Crippen LogP contribution in [0.1, 0.15) is 23.2 Å². The Morgan fingerprint density at radius 1 is 1.30 bits per heavy atom. The number of hydrogen-bond donors (Lipinski definition) is 2. The predicted octanol–water partition coefficient (Wildman–Crippen LogP) is 4.71. The minimum absolute atomic E-state index is 0.155. The van der Waals surface area contributed by atoms with Crippen LogP contribution in [0.5, 0.6) is 5.75 Å². The molecule has 1 aliphatic carbocycles. The van der Waals surface area contributed by atoms with Crippen molar-refractivity contribution in [2.24, 2.45) is 5.92 Å². The number of aromatic carboxylic acids is 1. The fourth-order valence-corrected chi connectivity index (χ4v) is 2.42. The third-order valence-corrected chi connectivity index (χ3v) is 3.91. The topological polar surface area (TPSA) is 58.6 Å². The van der Waals surface area contributed by atoms with E-state index in [4.69, 9.17) is 16.3 Å². The number of halogens is 2. The average molecular weight is 336 g/mol. The van der Waals surface area contributed by atoms with Crippen molar-refractivity contribution in [1.29, 1.82) is 0 Å². The normalized spacial score (nSPS) is 13.7. The summed E-state index contributed by atoms with van der Waals surface area (Å²) in [6, 6.07) is 8.73. The molecule has 6 heteroatoms. The van der Waals surface area contributed by atoms with Crippen LogP contribution in [-0.2, 0) is 0 Å². The van der Waals surface area contributed by atoms with Gasteiger partial charge in [-0.2, -0.15) is 0 Å². The second-order valence-electron chi connectivity index (χ2n) is 5.49. The lowest BCUT2D eigenvalue weighted by atomic mass is 10.1. The molecule has 0 heterocycles. The zero-order chi connectivity index (χ0) is 16.4. The highest BCUT2D eigenvalue weighted by atomic mass is 35.5. The molecule has 0 aromatic heterocycles. The number of hydrogen-bond acceptors (Lipinski definition) is 3. The fourth-order valence-electron chi connectivity index (χ4n) is 2.19. The van der Waals surface area contributed by atoms with Crippen LogP contribution in [0.3, 0.4) is 0 Å². The van der Waals surface area contributed by atoms with E-state index in [9.17, 15) is 14.3 Å². The minimum Gasteiger partial charge on any atom is -0.490 e. The molecule has 0 atom stereocenters. The van der Waals surface area contributed by atoms with E-state index in [0.717, 1.165) is 18.9 Å². The predicted molar refractivity (Wildman–Crippen MR) is 86.3 cm³/mol. The summed E-state index contributed by atoms with van der Waals surface area (Å²) in [5, 5.41) is 12.6. The molecule has 1 fully saturated rings. The van der Waals surface area contributed by atoms with Crippen LogP contribution >= 0.6 is 11.6 Å². The Morgan fingerprint density at radius 2 is 2.09 bits per heavy atom. The Hall–Kier alpha value is -2.27. The lowest BCUT2D eigenvalue weighted by Gasteiger charge is -2.16.